The van der Waals surface area contributed by atoms with Gasteiger partial charge in [0.2, 0.25) is 10.0 Å². The third-order valence-electron chi connectivity index (χ3n) is 2.19. The highest BCUT2D eigenvalue weighted by Crippen LogP contribution is 2.07. The fraction of sp³-hybridized carbons (Fsp3) is 0.455. The van der Waals surface area contributed by atoms with Gasteiger partial charge in [0.05, 0.1) is 12.4 Å². The fourth-order valence-corrected chi connectivity index (χ4v) is 2.89. The smallest absolute Gasteiger partial charge is 0.215 e. The van der Waals surface area contributed by atoms with Crippen molar-refractivity contribution >= 4 is 21.8 Å². The Labute approximate surface area is 106 Å². The average Bonchev–Trinajstić information content (AvgIpc) is 2.30. The van der Waals surface area contributed by atoms with Gasteiger partial charge in [-0.2, -0.15) is 11.8 Å². The zero-order chi connectivity index (χ0) is 12.7. The second-order valence-electron chi connectivity index (χ2n) is 3.62. The van der Waals surface area contributed by atoms with E-state index in [9.17, 15) is 8.42 Å². The molecule has 1 aromatic carbocycles. The van der Waals surface area contributed by atoms with Crippen molar-refractivity contribution in [2.45, 2.75) is 12.4 Å². The van der Waals surface area contributed by atoms with Crippen molar-refractivity contribution in [1.82, 2.24) is 4.72 Å². The number of sulfonamides is 1. The van der Waals surface area contributed by atoms with Crippen molar-refractivity contribution in [3.8, 4) is 0 Å². The molecule has 6 heteroatoms. The molecule has 0 aliphatic rings. The van der Waals surface area contributed by atoms with Gasteiger partial charge in [0, 0.05) is 12.3 Å². The first-order valence-corrected chi connectivity index (χ1v) is 8.27. The monoisotopic (exact) mass is 275 g/mol. The van der Waals surface area contributed by atoms with Gasteiger partial charge >= 0.3 is 0 Å². The van der Waals surface area contributed by atoms with Crippen molar-refractivity contribution in [2.24, 2.45) is 0 Å². The van der Waals surface area contributed by atoms with Crippen LogP contribution in [0.4, 0.5) is 0 Å². The van der Waals surface area contributed by atoms with Crippen LogP contribution in [-0.4, -0.2) is 32.1 Å². The van der Waals surface area contributed by atoms with Crippen LogP contribution in [0.3, 0.4) is 0 Å². The predicted octanol–water partition coefficient (Wildman–Crippen LogP) is 0.961. The normalized spacial score (nSPS) is 11.6. The number of nitrogens with one attached hydrogen (secondary N) is 1. The molecular formula is C11H17NO3S2. The number of aliphatic hydroxyl groups excluding tert-OH is 1. The Morgan fingerprint density at radius 3 is 2.35 bits per heavy atom. The van der Waals surface area contributed by atoms with E-state index in [2.05, 4.69) is 4.72 Å². The van der Waals surface area contributed by atoms with E-state index in [0.29, 0.717) is 6.54 Å². The van der Waals surface area contributed by atoms with Crippen LogP contribution in [0.1, 0.15) is 11.1 Å². The van der Waals surface area contributed by atoms with Gasteiger partial charge in [-0.15, -0.1) is 0 Å². The number of hydrogen-bond donors (Lipinski definition) is 2. The lowest BCUT2D eigenvalue weighted by Gasteiger charge is -2.06. The highest BCUT2D eigenvalue weighted by Gasteiger charge is 2.10. The largest absolute Gasteiger partial charge is 0.392 e. The van der Waals surface area contributed by atoms with Crippen molar-refractivity contribution in [2.75, 3.05) is 18.6 Å². The zero-order valence-corrected chi connectivity index (χ0v) is 11.4. The zero-order valence-electron chi connectivity index (χ0n) is 9.72. The Morgan fingerprint density at radius 1 is 1.24 bits per heavy atom. The van der Waals surface area contributed by atoms with Crippen molar-refractivity contribution < 1.29 is 13.5 Å². The van der Waals surface area contributed by atoms with E-state index in [4.69, 9.17) is 5.11 Å². The summed E-state index contributed by atoms with van der Waals surface area (Å²) in [7, 11) is -3.25. The summed E-state index contributed by atoms with van der Waals surface area (Å²) in [5, 5.41) is 8.87. The second kappa shape index (κ2) is 7.00. The fourth-order valence-electron chi connectivity index (χ4n) is 1.31. The van der Waals surface area contributed by atoms with E-state index in [1.807, 2.05) is 6.26 Å². The molecule has 17 heavy (non-hydrogen) atoms. The minimum atomic E-state index is -3.25. The number of aliphatic hydroxyl groups is 1. The quantitative estimate of drug-likeness (QED) is 0.728. The Bertz CT molecular complexity index is 429. The molecule has 0 aliphatic carbocycles. The van der Waals surface area contributed by atoms with E-state index < -0.39 is 10.0 Å². The van der Waals surface area contributed by atoms with E-state index in [1.165, 1.54) is 0 Å². The molecule has 0 aliphatic heterocycles. The van der Waals surface area contributed by atoms with Crippen LogP contribution < -0.4 is 4.72 Å². The predicted molar refractivity (Wildman–Crippen MR) is 71.4 cm³/mol. The van der Waals surface area contributed by atoms with Gasteiger partial charge in [0.1, 0.15) is 0 Å². The van der Waals surface area contributed by atoms with Gasteiger partial charge in [0.15, 0.2) is 0 Å². The van der Waals surface area contributed by atoms with Crippen LogP contribution in [0.5, 0.6) is 0 Å². The molecule has 0 atom stereocenters. The maximum Gasteiger partial charge on any atom is 0.215 e. The lowest BCUT2D eigenvalue weighted by molar-refractivity contribution is 0.282. The van der Waals surface area contributed by atoms with Crippen LogP contribution in [0.15, 0.2) is 24.3 Å². The van der Waals surface area contributed by atoms with Crippen LogP contribution in [0, 0.1) is 0 Å². The van der Waals surface area contributed by atoms with Gasteiger partial charge in [-0.25, -0.2) is 13.1 Å². The number of rotatable bonds is 7. The number of benzene rings is 1. The summed E-state index contributed by atoms with van der Waals surface area (Å²) in [6.45, 7) is 0.428. The van der Waals surface area contributed by atoms with Crippen molar-refractivity contribution in [3.63, 3.8) is 0 Å². The third kappa shape index (κ3) is 5.54. The van der Waals surface area contributed by atoms with Gasteiger partial charge in [-0.1, -0.05) is 24.3 Å². The van der Waals surface area contributed by atoms with E-state index in [-0.39, 0.29) is 12.4 Å². The summed E-state index contributed by atoms with van der Waals surface area (Å²) in [6.07, 6.45) is 1.93. The molecule has 0 bridgehead atoms. The van der Waals surface area contributed by atoms with Gasteiger partial charge in [0.25, 0.3) is 0 Å². The van der Waals surface area contributed by atoms with Crippen molar-refractivity contribution in [1.29, 1.82) is 0 Å². The number of thioether (sulfide) groups is 1. The van der Waals surface area contributed by atoms with Crippen LogP contribution in [0.25, 0.3) is 0 Å². The highest BCUT2D eigenvalue weighted by atomic mass is 32.2. The Morgan fingerprint density at radius 2 is 1.82 bits per heavy atom. The van der Waals surface area contributed by atoms with Gasteiger partial charge in [-0.3, -0.25) is 0 Å². The lowest BCUT2D eigenvalue weighted by Crippen LogP contribution is -2.27. The Kier molecular flexibility index (Phi) is 5.97. The molecule has 0 saturated heterocycles. The molecule has 0 unspecified atom stereocenters. The van der Waals surface area contributed by atoms with Crippen LogP contribution >= 0.6 is 11.8 Å². The first kappa shape index (κ1) is 14.5. The molecule has 1 rings (SSSR count). The van der Waals surface area contributed by atoms with E-state index in [0.717, 1.165) is 16.9 Å². The summed E-state index contributed by atoms with van der Waals surface area (Å²) in [5.41, 5.74) is 1.50. The summed E-state index contributed by atoms with van der Waals surface area (Å²) in [5.74, 6) is 0.746. The topological polar surface area (TPSA) is 66.4 Å². The molecule has 0 radical (unpaired) electrons. The molecule has 1 aromatic rings. The standard InChI is InChI=1S/C11H17NO3S2/c1-16-7-6-12-17(14,15)9-11-4-2-10(8-13)3-5-11/h2-5,12-13H,6-9H2,1H3. The van der Waals surface area contributed by atoms with E-state index >= 15 is 0 Å². The molecule has 0 fully saturated rings. The molecule has 4 nitrogen and oxygen atoms in total. The summed E-state index contributed by atoms with van der Waals surface area (Å²) in [4.78, 5) is 0. The summed E-state index contributed by atoms with van der Waals surface area (Å²) >= 11 is 1.60. The minimum Gasteiger partial charge on any atom is -0.392 e. The van der Waals surface area contributed by atoms with Crippen LogP contribution in [-0.2, 0) is 22.4 Å². The average molecular weight is 275 g/mol. The molecule has 0 spiro atoms. The first-order chi connectivity index (χ1) is 8.07. The van der Waals surface area contributed by atoms with Crippen LogP contribution in [0.2, 0.25) is 0 Å². The van der Waals surface area contributed by atoms with Gasteiger partial charge in [-0.05, 0) is 17.4 Å². The molecule has 0 amide bonds. The maximum absolute atomic E-state index is 11.7. The second-order valence-corrected chi connectivity index (χ2v) is 6.41. The molecule has 96 valence electrons. The summed E-state index contributed by atoms with van der Waals surface area (Å²) < 4.78 is 25.9. The summed E-state index contributed by atoms with van der Waals surface area (Å²) in [6, 6.07) is 6.90. The van der Waals surface area contributed by atoms with Gasteiger partial charge < -0.3 is 5.11 Å². The molecule has 2 N–H and O–H groups in total. The highest BCUT2D eigenvalue weighted by molar-refractivity contribution is 7.98. The Balaban J connectivity index is 2.56. The third-order valence-corrected chi connectivity index (χ3v) is 4.16. The molecule has 0 aromatic heterocycles. The molecule has 0 saturated carbocycles. The molecule has 0 heterocycles. The SMILES string of the molecule is CSCCNS(=O)(=O)Cc1ccc(CO)cc1. The van der Waals surface area contributed by atoms with E-state index in [1.54, 1.807) is 36.0 Å². The first-order valence-electron chi connectivity index (χ1n) is 5.22. The lowest BCUT2D eigenvalue weighted by atomic mass is 10.2. The molecular weight excluding hydrogens is 258 g/mol. The Hall–Kier alpha value is -0.560. The maximum atomic E-state index is 11.7. The minimum absolute atomic E-state index is 0.0207. The number of hydrogen-bond acceptors (Lipinski definition) is 4. The van der Waals surface area contributed by atoms with Crippen molar-refractivity contribution in [3.05, 3.63) is 35.4 Å².